The van der Waals surface area contributed by atoms with Crippen LogP contribution in [-0.2, 0) is 0 Å². The minimum atomic E-state index is -0.202. The zero-order valence-electron chi connectivity index (χ0n) is 9.08. The lowest BCUT2D eigenvalue weighted by Crippen LogP contribution is -1.99. The lowest BCUT2D eigenvalue weighted by atomic mass is 10.1. The van der Waals surface area contributed by atoms with Crippen molar-refractivity contribution in [1.29, 1.82) is 0 Å². The van der Waals surface area contributed by atoms with E-state index in [1.807, 2.05) is 37.3 Å². The maximum Gasteiger partial charge on any atom is 0.144 e. The van der Waals surface area contributed by atoms with E-state index in [1.54, 1.807) is 0 Å². The van der Waals surface area contributed by atoms with E-state index in [1.165, 1.54) is 0 Å². The first-order valence-electron chi connectivity index (χ1n) is 5.09. The second-order valence-corrected chi connectivity index (χ2v) is 5.43. The fourth-order valence-electron chi connectivity index (χ4n) is 1.47. The van der Waals surface area contributed by atoms with Gasteiger partial charge >= 0.3 is 0 Å². The predicted molar refractivity (Wildman–Crippen MR) is 76.8 cm³/mol. The summed E-state index contributed by atoms with van der Waals surface area (Å²) >= 11 is 14.7. The maximum absolute atomic E-state index is 6.03. The molecule has 1 heterocycles. The van der Waals surface area contributed by atoms with Crippen LogP contribution in [0.15, 0.2) is 34.8 Å². The molecule has 2 nitrogen and oxygen atoms in total. The third kappa shape index (κ3) is 2.76. The molecule has 0 aliphatic rings. The van der Waals surface area contributed by atoms with E-state index < -0.39 is 0 Å². The molecule has 1 aromatic heterocycles. The number of H-pyrrole nitrogens is 1. The molecule has 1 aromatic carbocycles. The smallest absolute Gasteiger partial charge is 0.144 e. The first-order valence-corrected chi connectivity index (χ1v) is 6.72. The maximum atomic E-state index is 6.03. The van der Waals surface area contributed by atoms with Gasteiger partial charge in [0.1, 0.15) is 10.5 Å². The molecule has 1 unspecified atom stereocenters. The summed E-state index contributed by atoms with van der Waals surface area (Å²) in [6, 6.07) is 9.94. The SMILES string of the molecule is CC(Cl)c1nc(=S)c(Br)c(-c2ccccc2)[nH]1. The van der Waals surface area contributed by atoms with Gasteiger partial charge in [-0.05, 0) is 28.4 Å². The van der Waals surface area contributed by atoms with Crippen molar-refractivity contribution in [3.8, 4) is 11.3 Å². The number of nitrogens with zero attached hydrogens (tertiary/aromatic N) is 1. The largest absolute Gasteiger partial charge is 0.341 e. The third-order valence-corrected chi connectivity index (χ3v) is 3.86. The van der Waals surface area contributed by atoms with Crippen LogP contribution in [0.4, 0.5) is 0 Å². The van der Waals surface area contributed by atoms with Gasteiger partial charge in [-0.25, -0.2) is 4.98 Å². The Morgan fingerprint density at radius 2 is 2.00 bits per heavy atom. The Bertz CT molecular complexity index is 581. The Morgan fingerprint density at radius 3 is 2.59 bits per heavy atom. The van der Waals surface area contributed by atoms with Gasteiger partial charge in [0.05, 0.1) is 15.5 Å². The van der Waals surface area contributed by atoms with Crippen LogP contribution >= 0.6 is 39.7 Å². The van der Waals surface area contributed by atoms with Gasteiger partial charge in [0.15, 0.2) is 0 Å². The quantitative estimate of drug-likeness (QED) is 0.629. The number of aromatic amines is 1. The number of halogens is 2. The van der Waals surface area contributed by atoms with Gasteiger partial charge in [-0.15, -0.1) is 11.6 Å². The normalized spacial score (nSPS) is 12.4. The van der Waals surface area contributed by atoms with Gasteiger partial charge in [0.2, 0.25) is 0 Å². The van der Waals surface area contributed by atoms with Crippen LogP contribution in [0.5, 0.6) is 0 Å². The van der Waals surface area contributed by atoms with E-state index in [9.17, 15) is 0 Å². The molecule has 2 rings (SSSR count). The lowest BCUT2D eigenvalue weighted by molar-refractivity contribution is 0.903. The molecule has 0 saturated carbocycles. The average Bonchev–Trinajstić information content (AvgIpc) is 2.33. The van der Waals surface area contributed by atoms with Crippen molar-refractivity contribution in [3.05, 3.63) is 45.3 Å². The van der Waals surface area contributed by atoms with Crippen LogP contribution in [0.2, 0.25) is 0 Å². The lowest BCUT2D eigenvalue weighted by Gasteiger charge is -2.09. The number of hydrogen-bond donors (Lipinski definition) is 1. The Kier molecular flexibility index (Phi) is 3.97. The summed E-state index contributed by atoms with van der Waals surface area (Å²) in [6.45, 7) is 1.86. The van der Waals surface area contributed by atoms with Crippen LogP contribution in [0, 0.1) is 4.64 Å². The summed E-state index contributed by atoms with van der Waals surface area (Å²) in [5.74, 6) is 0.679. The molecule has 0 bridgehead atoms. The first-order chi connectivity index (χ1) is 8.09. The number of nitrogens with one attached hydrogen (secondary N) is 1. The molecule has 0 saturated heterocycles. The standard InChI is InChI=1S/C12H10BrClN2S/c1-7(14)11-15-10(9(13)12(17)16-11)8-5-3-2-4-6-8/h2-7H,1H3,(H,15,16,17). The Hall–Kier alpha value is -0.710. The predicted octanol–water partition coefficient (Wildman–Crippen LogP) is 4.87. The summed E-state index contributed by atoms with van der Waals surface area (Å²) in [7, 11) is 0. The highest BCUT2D eigenvalue weighted by molar-refractivity contribution is 9.10. The van der Waals surface area contributed by atoms with Crippen molar-refractivity contribution in [2.45, 2.75) is 12.3 Å². The third-order valence-electron chi connectivity index (χ3n) is 2.32. The van der Waals surface area contributed by atoms with Gasteiger partial charge in [-0.1, -0.05) is 42.5 Å². The van der Waals surface area contributed by atoms with Gasteiger partial charge in [-0.2, -0.15) is 0 Å². The number of rotatable bonds is 2. The molecular weight excluding hydrogens is 320 g/mol. The second-order valence-electron chi connectivity index (χ2n) is 3.60. The zero-order chi connectivity index (χ0) is 12.4. The molecule has 2 aromatic rings. The topological polar surface area (TPSA) is 28.7 Å². The summed E-state index contributed by atoms with van der Waals surface area (Å²) in [6.07, 6.45) is 0. The Labute approximate surface area is 118 Å². The van der Waals surface area contributed by atoms with E-state index >= 15 is 0 Å². The highest BCUT2D eigenvalue weighted by atomic mass is 79.9. The van der Waals surface area contributed by atoms with Crippen molar-refractivity contribution in [2.24, 2.45) is 0 Å². The number of alkyl halides is 1. The van der Waals surface area contributed by atoms with Crippen LogP contribution in [0.3, 0.4) is 0 Å². The molecule has 17 heavy (non-hydrogen) atoms. The molecule has 0 aliphatic heterocycles. The highest BCUT2D eigenvalue weighted by Gasteiger charge is 2.11. The molecule has 0 fully saturated rings. The van der Waals surface area contributed by atoms with Crippen LogP contribution in [0.25, 0.3) is 11.3 Å². The summed E-state index contributed by atoms with van der Waals surface area (Å²) in [5.41, 5.74) is 1.96. The minimum Gasteiger partial charge on any atom is -0.341 e. The van der Waals surface area contributed by atoms with Crippen molar-refractivity contribution in [2.75, 3.05) is 0 Å². The van der Waals surface area contributed by atoms with Crippen molar-refractivity contribution in [3.63, 3.8) is 0 Å². The molecule has 5 heteroatoms. The summed E-state index contributed by atoms with van der Waals surface area (Å²) < 4.78 is 1.31. The molecule has 0 amide bonds. The van der Waals surface area contributed by atoms with Crippen LogP contribution in [-0.4, -0.2) is 9.97 Å². The highest BCUT2D eigenvalue weighted by Crippen LogP contribution is 2.28. The van der Waals surface area contributed by atoms with Gasteiger partial charge in [-0.3, -0.25) is 0 Å². The van der Waals surface area contributed by atoms with Crippen molar-refractivity contribution < 1.29 is 0 Å². The first kappa shape index (κ1) is 12.7. The number of hydrogen-bond acceptors (Lipinski definition) is 2. The molecule has 0 radical (unpaired) electrons. The van der Waals surface area contributed by atoms with Gasteiger partial charge in [0, 0.05) is 0 Å². The van der Waals surface area contributed by atoms with E-state index in [4.69, 9.17) is 23.8 Å². The molecule has 0 aliphatic carbocycles. The van der Waals surface area contributed by atoms with E-state index in [0.717, 1.165) is 15.7 Å². The van der Waals surface area contributed by atoms with Gasteiger partial charge in [0.25, 0.3) is 0 Å². The van der Waals surface area contributed by atoms with Gasteiger partial charge < -0.3 is 4.98 Å². The molecule has 88 valence electrons. The van der Waals surface area contributed by atoms with E-state index in [0.29, 0.717) is 10.5 Å². The minimum absolute atomic E-state index is 0.202. The zero-order valence-corrected chi connectivity index (χ0v) is 12.2. The molecular formula is C12H10BrClN2S. The Balaban J connectivity index is 2.65. The molecule has 0 spiro atoms. The van der Waals surface area contributed by atoms with Crippen LogP contribution < -0.4 is 0 Å². The second kappa shape index (κ2) is 5.29. The monoisotopic (exact) mass is 328 g/mol. The van der Waals surface area contributed by atoms with Crippen LogP contribution in [0.1, 0.15) is 18.1 Å². The number of benzene rings is 1. The Morgan fingerprint density at radius 1 is 1.35 bits per heavy atom. The average molecular weight is 330 g/mol. The fraction of sp³-hybridized carbons (Fsp3) is 0.167. The number of aromatic nitrogens is 2. The van der Waals surface area contributed by atoms with Crippen molar-refractivity contribution in [1.82, 2.24) is 9.97 Å². The molecule has 1 atom stereocenters. The van der Waals surface area contributed by atoms with E-state index in [-0.39, 0.29) is 5.38 Å². The van der Waals surface area contributed by atoms with Crippen molar-refractivity contribution >= 4 is 39.7 Å². The van der Waals surface area contributed by atoms with E-state index in [2.05, 4.69) is 25.9 Å². The summed E-state index contributed by atoms with van der Waals surface area (Å²) in [4.78, 5) is 7.45. The fourth-order valence-corrected chi connectivity index (χ4v) is 2.19. The summed E-state index contributed by atoms with van der Waals surface area (Å²) in [5, 5.41) is -0.202. The molecule has 1 N–H and O–H groups in total.